The van der Waals surface area contributed by atoms with E-state index < -0.39 is 33.5 Å². The predicted molar refractivity (Wildman–Crippen MR) is 61.2 cm³/mol. The second-order valence-electron chi connectivity index (χ2n) is 4.31. The van der Waals surface area contributed by atoms with Gasteiger partial charge in [0.05, 0.1) is 0 Å². The van der Waals surface area contributed by atoms with Gasteiger partial charge in [-0.05, 0) is 12.3 Å². The molecule has 0 aromatic rings. The lowest BCUT2D eigenvalue weighted by Gasteiger charge is -2.13. The van der Waals surface area contributed by atoms with Crippen molar-refractivity contribution in [2.24, 2.45) is 5.92 Å². The zero-order valence-corrected chi connectivity index (χ0v) is 10.5. The van der Waals surface area contributed by atoms with E-state index in [9.17, 15) is 18.0 Å². The minimum absolute atomic E-state index is 0.124. The summed E-state index contributed by atoms with van der Waals surface area (Å²) in [5.41, 5.74) is 0. The van der Waals surface area contributed by atoms with Gasteiger partial charge in [0, 0.05) is 5.75 Å². The first-order valence-corrected chi connectivity index (χ1v) is 7.38. The summed E-state index contributed by atoms with van der Waals surface area (Å²) in [6.07, 6.45) is 2.34. The van der Waals surface area contributed by atoms with Gasteiger partial charge >= 0.3 is 5.97 Å². The zero-order chi connectivity index (χ0) is 13.1. The molecule has 1 unspecified atom stereocenters. The molecule has 1 rings (SSSR count). The Morgan fingerprint density at radius 2 is 2.00 bits per heavy atom. The van der Waals surface area contributed by atoms with Crippen LogP contribution >= 0.6 is 0 Å². The van der Waals surface area contributed by atoms with Crippen LogP contribution in [-0.2, 0) is 19.4 Å². The van der Waals surface area contributed by atoms with Crippen molar-refractivity contribution in [2.75, 3.05) is 11.5 Å². The molecule has 1 amide bonds. The Bertz CT molecular complexity index is 399. The Balaban J connectivity index is 2.48. The number of carboxylic acids is 1. The molecular weight excluding hydrogens is 246 g/mol. The number of carbonyl (C=O) groups excluding carboxylic acids is 1. The molecule has 0 saturated heterocycles. The molecule has 0 aromatic carbocycles. The molecule has 2 N–H and O–H groups in total. The standard InChI is InChI=1S/C10H17NO5S/c1-2-17(15,16)6-9(12)11-8(10(13)14)5-7-3-4-7/h7-8H,2-6H2,1H3,(H,11,12)(H,13,14). The van der Waals surface area contributed by atoms with Gasteiger partial charge in [-0.1, -0.05) is 19.8 Å². The fourth-order valence-electron chi connectivity index (χ4n) is 1.45. The summed E-state index contributed by atoms with van der Waals surface area (Å²) >= 11 is 0. The summed E-state index contributed by atoms with van der Waals surface area (Å²) < 4.78 is 22.4. The fourth-order valence-corrected chi connectivity index (χ4v) is 2.13. The Morgan fingerprint density at radius 3 is 2.41 bits per heavy atom. The molecule has 1 atom stereocenters. The van der Waals surface area contributed by atoms with Crippen molar-refractivity contribution in [3.05, 3.63) is 0 Å². The molecular formula is C10H17NO5S. The number of aliphatic carboxylic acids is 1. The SMILES string of the molecule is CCS(=O)(=O)CC(=O)NC(CC1CC1)C(=O)O. The fraction of sp³-hybridized carbons (Fsp3) is 0.800. The van der Waals surface area contributed by atoms with E-state index in [1.165, 1.54) is 6.92 Å². The van der Waals surface area contributed by atoms with E-state index in [2.05, 4.69) is 5.32 Å². The molecule has 98 valence electrons. The molecule has 1 fully saturated rings. The first kappa shape index (κ1) is 14.0. The Hall–Kier alpha value is -1.11. The average molecular weight is 263 g/mol. The van der Waals surface area contributed by atoms with E-state index in [0.717, 1.165) is 12.8 Å². The normalized spacial score (nSPS) is 17.5. The topological polar surface area (TPSA) is 101 Å². The maximum absolute atomic E-state index is 11.4. The number of hydrogen-bond acceptors (Lipinski definition) is 4. The number of nitrogens with one attached hydrogen (secondary N) is 1. The van der Waals surface area contributed by atoms with Crippen molar-refractivity contribution in [3.63, 3.8) is 0 Å². The second-order valence-corrected chi connectivity index (χ2v) is 6.67. The maximum atomic E-state index is 11.4. The second kappa shape index (κ2) is 5.48. The van der Waals surface area contributed by atoms with Gasteiger partial charge in [0.2, 0.25) is 5.91 Å². The summed E-state index contributed by atoms with van der Waals surface area (Å²) in [6.45, 7) is 1.45. The molecule has 1 aliphatic carbocycles. The van der Waals surface area contributed by atoms with E-state index in [1.54, 1.807) is 0 Å². The van der Waals surface area contributed by atoms with Crippen LogP contribution in [0.5, 0.6) is 0 Å². The van der Waals surface area contributed by atoms with Gasteiger partial charge in [-0.3, -0.25) is 4.79 Å². The molecule has 1 aliphatic rings. The van der Waals surface area contributed by atoms with Crippen LogP contribution in [0.4, 0.5) is 0 Å². The Labute approximate surface area is 100 Å². The number of hydrogen-bond donors (Lipinski definition) is 2. The van der Waals surface area contributed by atoms with E-state index in [4.69, 9.17) is 5.11 Å². The van der Waals surface area contributed by atoms with E-state index in [1.807, 2.05) is 0 Å². The number of carbonyl (C=O) groups is 2. The first-order chi connectivity index (χ1) is 7.84. The van der Waals surface area contributed by atoms with Crippen molar-refractivity contribution in [2.45, 2.75) is 32.2 Å². The van der Waals surface area contributed by atoms with Crippen LogP contribution in [0.3, 0.4) is 0 Å². The van der Waals surface area contributed by atoms with Gasteiger partial charge in [-0.15, -0.1) is 0 Å². The lowest BCUT2D eigenvalue weighted by atomic mass is 10.1. The van der Waals surface area contributed by atoms with E-state index in [-0.39, 0.29) is 5.75 Å². The van der Waals surface area contributed by atoms with Crippen molar-refractivity contribution >= 4 is 21.7 Å². The van der Waals surface area contributed by atoms with Crippen molar-refractivity contribution < 1.29 is 23.1 Å². The highest BCUT2D eigenvalue weighted by Crippen LogP contribution is 2.33. The van der Waals surface area contributed by atoms with Crippen molar-refractivity contribution in [1.29, 1.82) is 0 Å². The van der Waals surface area contributed by atoms with Gasteiger partial charge in [-0.25, -0.2) is 13.2 Å². The highest BCUT2D eigenvalue weighted by molar-refractivity contribution is 7.92. The first-order valence-electron chi connectivity index (χ1n) is 5.56. The third-order valence-electron chi connectivity index (χ3n) is 2.69. The minimum atomic E-state index is -3.41. The third kappa shape index (κ3) is 5.16. The van der Waals surface area contributed by atoms with Gasteiger partial charge in [0.1, 0.15) is 11.8 Å². The van der Waals surface area contributed by atoms with Crippen LogP contribution in [0.15, 0.2) is 0 Å². The molecule has 0 spiro atoms. The highest BCUT2D eigenvalue weighted by Gasteiger charge is 2.30. The van der Waals surface area contributed by atoms with Crippen LogP contribution in [0, 0.1) is 5.92 Å². The van der Waals surface area contributed by atoms with Gasteiger partial charge in [-0.2, -0.15) is 0 Å². The number of carboxylic acid groups (broad SMARTS) is 1. The lowest BCUT2D eigenvalue weighted by Crippen LogP contribution is -2.43. The summed E-state index contributed by atoms with van der Waals surface area (Å²) in [5.74, 6) is -2.27. The number of sulfone groups is 1. The summed E-state index contributed by atoms with van der Waals surface area (Å²) in [6, 6.07) is -0.970. The predicted octanol–water partition coefficient (Wildman–Crippen LogP) is -0.209. The summed E-state index contributed by atoms with van der Waals surface area (Å²) in [4.78, 5) is 22.2. The van der Waals surface area contributed by atoms with Crippen molar-refractivity contribution in [1.82, 2.24) is 5.32 Å². The summed E-state index contributed by atoms with van der Waals surface area (Å²) in [7, 11) is -3.41. The molecule has 7 heteroatoms. The van der Waals surface area contributed by atoms with Gasteiger partial charge in [0.15, 0.2) is 9.84 Å². The number of rotatable bonds is 7. The lowest BCUT2D eigenvalue weighted by molar-refractivity contribution is -0.141. The zero-order valence-electron chi connectivity index (χ0n) is 9.68. The molecule has 0 heterocycles. The van der Waals surface area contributed by atoms with E-state index in [0.29, 0.717) is 12.3 Å². The largest absolute Gasteiger partial charge is 0.480 e. The highest BCUT2D eigenvalue weighted by atomic mass is 32.2. The average Bonchev–Trinajstić information content (AvgIpc) is 2.99. The van der Waals surface area contributed by atoms with Gasteiger partial charge in [0.25, 0.3) is 0 Å². The molecule has 0 aliphatic heterocycles. The number of amides is 1. The van der Waals surface area contributed by atoms with Crippen molar-refractivity contribution in [3.8, 4) is 0 Å². The summed E-state index contributed by atoms with van der Waals surface area (Å²) in [5, 5.41) is 11.2. The van der Waals surface area contributed by atoms with Gasteiger partial charge < -0.3 is 10.4 Å². The molecule has 1 saturated carbocycles. The van der Waals surface area contributed by atoms with Crippen LogP contribution in [0.25, 0.3) is 0 Å². The molecule has 6 nitrogen and oxygen atoms in total. The maximum Gasteiger partial charge on any atom is 0.326 e. The molecule has 17 heavy (non-hydrogen) atoms. The molecule has 0 bridgehead atoms. The smallest absolute Gasteiger partial charge is 0.326 e. The van der Waals surface area contributed by atoms with Crippen LogP contribution in [0.2, 0.25) is 0 Å². The molecule has 0 aromatic heterocycles. The van der Waals surface area contributed by atoms with E-state index >= 15 is 0 Å². The minimum Gasteiger partial charge on any atom is -0.480 e. The quantitative estimate of drug-likeness (QED) is 0.662. The monoisotopic (exact) mass is 263 g/mol. The third-order valence-corrected chi connectivity index (χ3v) is 4.27. The Morgan fingerprint density at radius 1 is 1.41 bits per heavy atom. The van der Waals surface area contributed by atoms with Crippen LogP contribution in [0.1, 0.15) is 26.2 Å². The molecule has 0 radical (unpaired) electrons. The van der Waals surface area contributed by atoms with Crippen LogP contribution < -0.4 is 5.32 Å². The Kier molecular flexibility index (Phi) is 4.50. The van der Waals surface area contributed by atoms with Crippen LogP contribution in [-0.4, -0.2) is 42.9 Å².